The second kappa shape index (κ2) is 8.83. The summed E-state index contributed by atoms with van der Waals surface area (Å²) in [7, 11) is 1.61. The van der Waals surface area contributed by atoms with Crippen molar-refractivity contribution in [1.82, 2.24) is 19.0 Å². The van der Waals surface area contributed by atoms with Crippen molar-refractivity contribution in [3.63, 3.8) is 0 Å². The number of halogens is 1. The summed E-state index contributed by atoms with van der Waals surface area (Å²) in [6.07, 6.45) is 3.07. The molecule has 0 N–H and O–H groups in total. The standard InChI is InChI=1S/C24H22ClN5O4/c1-27-21-20(23(32)30(24(27)33)15-16-4-2-5-17(25)14-16)18(7-8-26-21)28-9-11-29(12-10-28)22(31)19-6-3-13-34-19/h2-8,13-14H,9-12,15H2,1H3. The van der Waals surface area contributed by atoms with Gasteiger partial charge in [0.25, 0.3) is 11.5 Å². The van der Waals surface area contributed by atoms with E-state index in [1.807, 2.05) is 11.0 Å². The lowest BCUT2D eigenvalue weighted by atomic mass is 10.2. The van der Waals surface area contributed by atoms with Gasteiger partial charge in [-0.3, -0.25) is 18.7 Å². The van der Waals surface area contributed by atoms with E-state index in [9.17, 15) is 14.4 Å². The van der Waals surface area contributed by atoms with Crippen molar-refractivity contribution < 1.29 is 9.21 Å². The van der Waals surface area contributed by atoms with E-state index in [2.05, 4.69) is 4.98 Å². The average molecular weight is 480 g/mol. The van der Waals surface area contributed by atoms with Gasteiger partial charge in [-0.1, -0.05) is 23.7 Å². The zero-order chi connectivity index (χ0) is 23.8. The Bertz CT molecular complexity index is 1480. The highest BCUT2D eigenvalue weighted by Crippen LogP contribution is 2.23. The lowest BCUT2D eigenvalue weighted by molar-refractivity contribution is 0.0715. The Kier molecular flexibility index (Phi) is 5.70. The van der Waals surface area contributed by atoms with Gasteiger partial charge in [-0.25, -0.2) is 9.78 Å². The molecule has 4 aromatic rings. The molecule has 0 saturated carbocycles. The number of hydrogen-bond donors (Lipinski definition) is 0. The van der Waals surface area contributed by atoms with E-state index in [1.54, 1.807) is 54.5 Å². The second-order valence-electron chi connectivity index (χ2n) is 8.15. The molecule has 0 spiro atoms. The number of fused-ring (bicyclic) bond motifs is 1. The Morgan fingerprint density at radius 3 is 2.59 bits per heavy atom. The molecule has 1 saturated heterocycles. The van der Waals surface area contributed by atoms with Crippen molar-refractivity contribution in [2.75, 3.05) is 31.1 Å². The fraction of sp³-hybridized carbons (Fsp3) is 0.250. The first-order chi connectivity index (χ1) is 16.4. The number of piperazine rings is 1. The molecule has 1 aliphatic heterocycles. The van der Waals surface area contributed by atoms with Crippen molar-refractivity contribution in [3.8, 4) is 0 Å². The van der Waals surface area contributed by atoms with Crippen molar-refractivity contribution >= 4 is 34.2 Å². The molecule has 4 heterocycles. The van der Waals surface area contributed by atoms with Gasteiger partial charge in [-0.15, -0.1) is 0 Å². The first-order valence-electron chi connectivity index (χ1n) is 10.8. The van der Waals surface area contributed by atoms with Crippen molar-refractivity contribution in [1.29, 1.82) is 0 Å². The number of amides is 1. The molecule has 0 bridgehead atoms. The van der Waals surface area contributed by atoms with Crippen LogP contribution >= 0.6 is 11.6 Å². The van der Waals surface area contributed by atoms with Gasteiger partial charge in [0, 0.05) is 44.4 Å². The van der Waals surface area contributed by atoms with Crippen LogP contribution in [0, 0.1) is 0 Å². The molecule has 0 aliphatic carbocycles. The van der Waals surface area contributed by atoms with E-state index in [4.69, 9.17) is 16.0 Å². The van der Waals surface area contributed by atoms with Crippen LogP contribution < -0.4 is 16.1 Å². The molecule has 1 amide bonds. The maximum absolute atomic E-state index is 13.6. The fourth-order valence-corrected chi connectivity index (χ4v) is 4.53. The normalized spacial score (nSPS) is 14.1. The predicted octanol–water partition coefficient (Wildman–Crippen LogP) is 2.35. The molecule has 1 aromatic carbocycles. The molecule has 3 aromatic heterocycles. The Labute approximate surface area is 199 Å². The Morgan fingerprint density at radius 2 is 1.88 bits per heavy atom. The zero-order valence-electron chi connectivity index (χ0n) is 18.5. The van der Waals surface area contributed by atoms with Crippen LogP contribution in [0.4, 0.5) is 5.69 Å². The Hall–Kier alpha value is -3.85. The van der Waals surface area contributed by atoms with E-state index in [0.717, 1.165) is 5.56 Å². The monoisotopic (exact) mass is 479 g/mol. The van der Waals surface area contributed by atoms with Crippen LogP contribution in [-0.4, -0.2) is 51.1 Å². The number of nitrogens with zero attached hydrogens (tertiary/aromatic N) is 5. The average Bonchev–Trinajstić information content (AvgIpc) is 3.40. The van der Waals surface area contributed by atoms with E-state index < -0.39 is 11.2 Å². The first kappa shape index (κ1) is 22.0. The van der Waals surface area contributed by atoms with Crippen molar-refractivity contribution in [2.24, 2.45) is 7.05 Å². The number of rotatable bonds is 4. The number of pyridine rings is 1. The third kappa shape index (κ3) is 3.88. The highest BCUT2D eigenvalue weighted by Gasteiger charge is 2.26. The molecular formula is C24H22ClN5O4. The summed E-state index contributed by atoms with van der Waals surface area (Å²) in [6, 6.07) is 12.2. The number of carbonyl (C=O) groups is 1. The Morgan fingerprint density at radius 1 is 1.09 bits per heavy atom. The number of aromatic nitrogens is 3. The quantitative estimate of drug-likeness (QED) is 0.446. The fourth-order valence-electron chi connectivity index (χ4n) is 4.32. The van der Waals surface area contributed by atoms with Crippen molar-refractivity contribution in [3.05, 3.63) is 92.1 Å². The molecular weight excluding hydrogens is 458 g/mol. The molecule has 174 valence electrons. The molecule has 1 aliphatic rings. The van der Waals surface area contributed by atoms with Gasteiger partial charge >= 0.3 is 5.69 Å². The minimum Gasteiger partial charge on any atom is -0.459 e. The van der Waals surface area contributed by atoms with Crippen LogP contribution in [0.15, 0.2) is 68.9 Å². The van der Waals surface area contributed by atoms with E-state index >= 15 is 0 Å². The molecule has 5 rings (SSSR count). The summed E-state index contributed by atoms with van der Waals surface area (Å²) in [6.45, 7) is 2.11. The highest BCUT2D eigenvalue weighted by molar-refractivity contribution is 6.30. The molecule has 1 fully saturated rings. The lowest BCUT2D eigenvalue weighted by Gasteiger charge is -2.36. The largest absolute Gasteiger partial charge is 0.459 e. The van der Waals surface area contributed by atoms with E-state index in [-0.39, 0.29) is 12.5 Å². The Balaban J connectivity index is 1.50. The minimum atomic E-state index is -0.448. The second-order valence-corrected chi connectivity index (χ2v) is 8.58. The maximum Gasteiger partial charge on any atom is 0.332 e. The van der Waals surface area contributed by atoms with Gasteiger partial charge in [0.2, 0.25) is 0 Å². The SMILES string of the molecule is Cn1c(=O)n(Cc2cccc(Cl)c2)c(=O)c2c(N3CCN(C(=O)c4ccco4)CC3)ccnc21. The maximum atomic E-state index is 13.6. The summed E-state index contributed by atoms with van der Waals surface area (Å²) in [5.74, 6) is 0.150. The first-order valence-corrected chi connectivity index (χ1v) is 11.2. The van der Waals surface area contributed by atoms with Crippen LogP contribution in [-0.2, 0) is 13.6 Å². The van der Waals surface area contributed by atoms with Gasteiger partial charge in [0.1, 0.15) is 5.39 Å². The number of carbonyl (C=O) groups excluding carboxylic acids is 1. The van der Waals surface area contributed by atoms with E-state index in [1.165, 1.54) is 15.4 Å². The third-order valence-corrected chi connectivity index (χ3v) is 6.31. The number of aryl methyl sites for hydroxylation is 1. The molecule has 9 nitrogen and oxygen atoms in total. The van der Waals surface area contributed by atoms with Crippen LogP contribution in [0.3, 0.4) is 0 Å². The molecule has 0 atom stereocenters. The summed E-state index contributed by atoms with van der Waals surface area (Å²) < 4.78 is 7.82. The minimum absolute atomic E-state index is 0.0990. The van der Waals surface area contributed by atoms with Gasteiger partial charge in [0.05, 0.1) is 18.5 Å². The van der Waals surface area contributed by atoms with Crippen LogP contribution in [0.1, 0.15) is 16.1 Å². The van der Waals surface area contributed by atoms with Gasteiger partial charge in [-0.05, 0) is 35.9 Å². The van der Waals surface area contributed by atoms with Crippen LogP contribution in [0.25, 0.3) is 11.0 Å². The van der Waals surface area contributed by atoms with Gasteiger partial charge in [0.15, 0.2) is 11.4 Å². The molecule has 10 heteroatoms. The van der Waals surface area contributed by atoms with Gasteiger partial charge < -0.3 is 14.2 Å². The molecule has 0 unspecified atom stereocenters. The summed E-state index contributed by atoms with van der Waals surface area (Å²) in [5.41, 5.74) is 0.910. The third-order valence-electron chi connectivity index (χ3n) is 6.07. The topological polar surface area (TPSA) is 93.6 Å². The number of furan rings is 1. The van der Waals surface area contributed by atoms with E-state index in [0.29, 0.717) is 53.7 Å². The highest BCUT2D eigenvalue weighted by atomic mass is 35.5. The summed E-state index contributed by atoms with van der Waals surface area (Å²) >= 11 is 6.09. The smallest absolute Gasteiger partial charge is 0.332 e. The summed E-state index contributed by atoms with van der Waals surface area (Å²) in [4.78, 5) is 47.2. The number of anilines is 1. The van der Waals surface area contributed by atoms with Gasteiger partial charge in [-0.2, -0.15) is 0 Å². The number of hydrogen-bond acceptors (Lipinski definition) is 6. The van der Waals surface area contributed by atoms with Crippen LogP contribution in [0.2, 0.25) is 5.02 Å². The number of benzene rings is 1. The molecule has 0 radical (unpaired) electrons. The summed E-state index contributed by atoms with van der Waals surface area (Å²) in [5, 5.41) is 0.907. The predicted molar refractivity (Wildman–Crippen MR) is 129 cm³/mol. The van der Waals surface area contributed by atoms with Crippen LogP contribution in [0.5, 0.6) is 0 Å². The lowest BCUT2D eigenvalue weighted by Crippen LogP contribution is -2.49. The zero-order valence-corrected chi connectivity index (χ0v) is 19.2. The molecule has 34 heavy (non-hydrogen) atoms. The van der Waals surface area contributed by atoms with Crippen molar-refractivity contribution in [2.45, 2.75) is 6.54 Å².